The Kier molecular flexibility index (Phi) is 1.87. The maximum absolute atomic E-state index is 6.37. The zero-order valence-corrected chi connectivity index (χ0v) is 10.3. The molecular formula is C14H24N2. The van der Waals surface area contributed by atoms with Crippen molar-refractivity contribution in [2.45, 2.75) is 50.6 Å². The van der Waals surface area contributed by atoms with E-state index < -0.39 is 0 Å². The molecule has 0 aliphatic heterocycles. The van der Waals surface area contributed by atoms with E-state index in [0.29, 0.717) is 0 Å². The van der Waals surface area contributed by atoms with Crippen molar-refractivity contribution in [2.75, 3.05) is 6.54 Å². The number of hydrogen-bond donors (Lipinski definition) is 2. The van der Waals surface area contributed by atoms with E-state index in [-0.39, 0.29) is 5.54 Å². The molecule has 4 aliphatic carbocycles. The van der Waals surface area contributed by atoms with Gasteiger partial charge in [0.1, 0.15) is 0 Å². The van der Waals surface area contributed by atoms with Gasteiger partial charge in [0, 0.05) is 18.1 Å². The number of hydrogen-bond acceptors (Lipinski definition) is 2. The summed E-state index contributed by atoms with van der Waals surface area (Å²) >= 11 is 0. The Bertz CT molecular complexity index is 292. The molecule has 0 aromatic carbocycles. The Morgan fingerprint density at radius 2 is 1.75 bits per heavy atom. The van der Waals surface area contributed by atoms with Crippen molar-refractivity contribution in [2.24, 2.45) is 35.3 Å². The van der Waals surface area contributed by atoms with E-state index in [0.717, 1.165) is 42.2 Å². The van der Waals surface area contributed by atoms with E-state index in [4.69, 9.17) is 5.73 Å². The summed E-state index contributed by atoms with van der Waals surface area (Å²) in [5.74, 6) is 5.06. The Morgan fingerprint density at radius 1 is 1.12 bits per heavy atom. The van der Waals surface area contributed by atoms with Crippen LogP contribution in [0.15, 0.2) is 0 Å². The summed E-state index contributed by atoms with van der Waals surface area (Å²) in [5.41, 5.74) is 6.44. The number of fused-ring (bicyclic) bond motifs is 5. The Morgan fingerprint density at radius 3 is 2.31 bits per heavy atom. The van der Waals surface area contributed by atoms with Gasteiger partial charge < -0.3 is 11.1 Å². The van der Waals surface area contributed by atoms with Gasteiger partial charge in [0.15, 0.2) is 0 Å². The van der Waals surface area contributed by atoms with E-state index in [9.17, 15) is 0 Å². The predicted octanol–water partition coefficient (Wildman–Crippen LogP) is 1.75. The van der Waals surface area contributed by atoms with Crippen LogP contribution in [0.2, 0.25) is 0 Å². The quantitative estimate of drug-likeness (QED) is 0.757. The van der Waals surface area contributed by atoms with Crippen LogP contribution in [0.3, 0.4) is 0 Å². The van der Waals surface area contributed by atoms with E-state index in [1.807, 2.05) is 0 Å². The zero-order chi connectivity index (χ0) is 10.9. The topological polar surface area (TPSA) is 38.0 Å². The molecule has 4 aliphatic rings. The van der Waals surface area contributed by atoms with Gasteiger partial charge >= 0.3 is 0 Å². The average molecular weight is 220 g/mol. The summed E-state index contributed by atoms with van der Waals surface area (Å²) in [5, 5.41) is 3.80. The highest BCUT2D eigenvalue weighted by Crippen LogP contribution is 2.65. The lowest BCUT2D eigenvalue weighted by atomic mass is 9.97. The molecule has 16 heavy (non-hydrogen) atoms. The fraction of sp³-hybridized carbons (Fsp3) is 1.00. The van der Waals surface area contributed by atoms with E-state index >= 15 is 0 Å². The monoisotopic (exact) mass is 220 g/mol. The maximum atomic E-state index is 6.37. The summed E-state index contributed by atoms with van der Waals surface area (Å²) < 4.78 is 0. The van der Waals surface area contributed by atoms with Crippen LogP contribution in [0, 0.1) is 29.6 Å². The van der Waals surface area contributed by atoms with Gasteiger partial charge in [-0.15, -0.1) is 0 Å². The average Bonchev–Trinajstić information content (AvgIpc) is 3.15. The van der Waals surface area contributed by atoms with Crippen LogP contribution in [0.5, 0.6) is 0 Å². The van der Waals surface area contributed by atoms with Crippen LogP contribution in [-0.2, 0) is 0 Å². The van der Waals surface area contributed by atoms with Crippen molar-refractivity contribution in [1.82, 2.24) is 5.32 Å². The van der Waals surface area contributed by atoms with Gasteiger partial charge in [-0.05, 0) is 68.6 Å². The molecule has 0 heterocycles. The van der Waals surface area contributed by atoms with Crippen molar-refractivity contribution in [1.29, 1.82) is 0 Å². The van der Waals surface area contributed by atoms with Gasteiger partial charge in [-0.1, -0.05) is 0 Å². The first kappa shape index (κ1) is 9.90. The molecule has 2 heteroatoms. The minimum Gasteiger partial charge on any atom is -0.324 e. The van der Waals surface area contributed by atoms with Crippen molar-refractivity contribution >= 4 is 0 Å². The van der Waals surface area contributed by atoms with Crippen molar-refractivity contribution in [3.05, 3.63) is 0 Å². The van der Waals surface area contributed by atoms with Crippen molar-refractivity contribution in [3.63, 3.8) is 0 Å². The van der Waals surface area contributed by atoms with Gasteiger partial charge in [0.25, 0.3) is 0 Å². The molecule has 4 saturated carbocycles. The Hall–Kier alpha value is -0.0800. The molecule has 0 radical (unpaired) electrons. The van der Waals surface area contributed by atoms with E-state index in [2.05, 4.69) is 12.2 Å². The summed E-state index contributed by atoms with van der Waals surface area (Å²) in [6.07, 6.45) is 7.31. The van der Waals surface area contributed by atoms with Gasteiger partial charge in [-0.3, -0.25) is 0 Å². The number of nitrogens with two attached hydrogens (primary N) is 1. The SMILES string of the molecule is CC(N)(CNC1C2C3CCC(C3)C12)C1CC1. The van der Waals surface area contributed by atoms with Crippen LogP contribution in [-0.4, -0.2) is 18.1 Å². The molecule has 3 N–H and O–H groups in total. The smallest absolute Gasteiger partial charge is 0.0280 e. The molecule has 0 amide bonds. The van der Waals surface area contributed by atoms with Crippen LogP contribution in [0.1, 0.15) is 39.0 Å². The normalized spacial score (nSPS) is 52.5. The minimum absolute atomic E-state index is 0.0654. The molecular weight excluding hydrogens is 196 g/mol. The minimum atomic E-state index is 0.0654. The van der Waals surface area contributed by atoms with Gasteiger partial charge in [0.05, 0.1) is 0 Å². The van der Waals surface area contributed by atoms with Gasteiger partial charge in [0.2, 0.25) is 0 Å². The second-order valence-electron chi connectivity index (χ2n) is 7.17. The third kappa shape index (κ3) is 1.32. The van der Waals surface area contributed by atoms with Crippen LogP contribution >= 0.6 is 0 Å². The summed E-state index contributed by atoms with van der Waals surface area (Å²) in [7, 11) is 0. The first-order chi connectivity index (χ1) is 7.67. The first-order valence-electron chi connectivity index (χ1n) is 7.19. The van der Waals surface area contributed by atoms with Gasteiger partial charge in [-0.25, -0.2) is 0 Å². The maximum Gasteiger partial charge on any atom is 0.0280 e. The summed E-state index contributed by atoms with van der Waals surface area (Å²) in [6, 6.07) is 0.855. The zero-order valence-electron chi connectivity index (χ0n) is 10.3. The first-order valence-corrected chi connectivity index (χ1v) is 7.19. The highest BCUT2D eigenvalue weighted by Gasteiger charge is 2.64. The second-order valence-corrected chi connectivity index (χ2v) is 7.17. The molecule has 4 fully saturated rings. The molecule has 2 nitrogen and oxygen atoms in total. The highest BCUT2D eigenvalue weighted by atomic mass is 15.1. The van der Waals surface area contributed by atoms with E-state index in [1.165, 1.54) is 25.7 Å². The third-order valence-corrected chi connectivity index (χ3v) is 5.96. The van der Waals surface area contributed by atoms with E-state index in [1.54, 1.807) is 6.42 Å². The molecule has 0 aromatic heterocycles. The van der Waals surface area contributed by atoms with Crippen LogP contribution in [0.25, 0.3) is 0 Å². The highest BCUT2D eigenvalue weighted by molar-refractivity contribution is 5.17. The lowest BCUT2D eigenvalue weighted by molar-refractivity contribution is 0.357. The molecule has 0 aromatic rings. The summed E-state index contributed by atoms with van der Waals surface area (Å²) in [4.78, 5) is 0. The van der Waals surface area contributed by atoms with Crippen LogP contribution < -0.4 is 11.1 Å². The molecule has 0 saturated heterocycles. The molecule has 2 bridgehead atoms. The second kappa shape index (κ2) is 3.02. The Labute approximate surface area is 98.3 Å². The van der Waals surface area contributed by atoms with Crippen LogP contribution in [0.4, 0.5) is 0 Å². The molecule has 0 spiro atoms. The molecule has 90 valence electrons. The van der Waals surface area contributed by atoms with Crippen molar-refractivity contribution < 1.29 is 0 Å². The Balaban J connectivity index is 1.34. The third-order valence-electron chi connectivity index (χ3n) is 5.96. The lowest BCUT2D eigenvalue weighted by Gasteiger charge is -2.25. The lowest BCUT2D eigenvalue weighted by Crippen LogP contribution is -2.49. The fourth-order valence-electron chi connectivity index (χ4n) is 4.82. The largest absolute Gasteiger partial charge is 0.324 e. The standard InChI is InChI=1S/C14H24N2/c1-14(15,10-4-5-10)7-16-13-11-8-2-3-9(6-8)12(11)13/h8-13,16H,2-7,15H2,1H3. The number of nitrogens with one attached hydrogen (secondary N) is 1. The number of rotatable bonds is 4. The molecule has 5 atom stereocenters. The summed E-state index contributed by atoms with van der Waals surface area (Å²) in [6.45, 7) is 3.29. The molecule has 4 rings (SSSR count). The molecule has 5 unspecified atom stereocenters. The van der Waals surface area contributed by atoms with Crippen molar-refractivity contribution in [3.8, 4) is 0 Å². The van der Waals surface area contributed by atoms with Gasteiger partial charge in [-0.2, -0.15) is 0 Å². The fourth-order valence-corrected chi connectivity index (χ4v) is 4.82. The predicted molar refractivity (Wildman–Crippen MR) is 64.9 cm³/mol.